The lowest BCUT2D eigenvalue weighted by Crippen LogP contribution is -2.24. The number of hydrogen-bond acceptors (Lipinski definition) is 1. The fraction of sp³-hybridized carbons (Fsp3) is 0.538. The summed E-state index contributed by atoms with van der Waals surface area (Å²) in [4.78, 5) is 0. The van der Waals surface area contributed by atoms with Crippen LogP contribution in [0.2, 0.25) is 5.02 Å². The average molecular weight is 243 g/mol. The first-order valence-electron chi connectivity index (χ1n) is 5.50. The molecule has 2 rings (SSSR count). The van der Waals surface area contributed by atoms with Crippen LogP contribution in [0.4, 0.5) is 4.39 Å². The molecule has 0 radical (unpaired) electrons. The van der Waals surface area contributed by atoms with Gasteiger partial charge in [0.25, 0.3) is 0 Å². The summed E-state index contributed by atoms with van der Waals surface area (Å²) in [5, 5.41) is 11.0. The maximum absolute atomic E-state index is 13.2. The molecule has 1 saturated carbocycles. The molecule has 0 bridgehead atoms. The van der Waals surface area contributed by atoms with Gasteiger partial charge in [-0.3, -0.25) is 0 Å². The Kier molecular flexibility index (Phi) is 2.75. The third kappa shape index (κ3) is 2.09. The average Bonchev–Trinajstić information content (AvgIpc) is 2.46. The van der Waals surface area contributed by atoms with E-state index in [1.54, 1.807) is 0 Å². The second-order valence-corrected chi connectivity index (χ2v) is 5.90. The molecule has 16 heavy (non-hydrogen) atoms. The van der Waals surface area contributed by atoms with Gasteiger partial charge in [0.15, 0.2) is 0 Å². The predicted molar refractivity (Wildman–Crippen MR) is 62.9 cm³/mol. The van der Waals surface area contributed by atoms with Gasteiger partial charge in [-0.25, -0.2) is 4.39 Å². The van der Waals surface area contributed by atoms with Gasteiger partial charge >= 0.3 is 0 Å². The summed E-state index contributed by atoms with van der Waals surface area (Å²) in [7, 11) is 0. The molecule has 1 nitrogen and oxygen atoms in total. The Hall–Kier alpha value is -0.600. The van der Waals surface area contributed by atoms with Crippen molar-refractivity contribution in [1.82, 2.24) is 0 Å². The lowest BCUT2D eigenvalue weighted by atomic mass is 9.86. The van der Waals surface area contributed by atoms with Gasteiger partial charge in [0, 0.05) is 10.6 Å². The maximum Gasteiger partial charge on any atom is 0.123 e. The van der Waals surface area contributed by atoms with Crippen LogP contribution >= 0.6 is 11.6 Å². The van der Waals surface area contributed by atoms with Gasteiger partial charge in [0.05, 0.1) is 5.60 Å². The highest BCUT2D eigenvalue weighted by molar-refractivity contribution is 6.31. The highest BCUT2D eigenvalue weighted by atomic mass is 35.5. The number of aliphatic hydroxyl groups is 1. The van der Waals surface area contributed by atoms with Crippen molar-refractivity contribution in [2.24, 2.45) is 5.41 Å². The Morgan fingerprint density at radius 1 is 1.31 bits per heavy atom. The zero-order chi connectivity index (χ0) is 12.0. The monoisotopic (exact) mass is 242 g/mol. The number of benzene rings is 1. The third-order valence-corrected chi connectivity index (χ3v) is 3.75. The van der Waals surface area contributed by atoms with E-state index in [1.165, 1.54) is 18.2 Å². The van der Waals surface area contributed by atoms with Crippen LogP contribution in [0.25, 0.3) is 0 Å². The third-order valence-electron chi connectivity index (χ3n) is 3.42. The van der Waals surface area contributed by atoms with E-state index in [4.69, 9.17) is 11.6 Å². The Balaban J connectivity index is 2.41. The first-order chi connectivity index (χ1) is 7.32. The summed E-state index contributed by atoms with van der Waals surface area (Å²) < 4.78 is 13.2. The Morgan fingerprint density at radius 2 is 2.00 bits per heavy atom. The Morgan fingerprint density at radius 3 is 2.56 bits per heavy atom. The molecular weight excluding hydrogens is 227 g/mol. The van der Waals surface area contributed by atoms with E-state index in [2.05, 4.69) is 13.8 Å². The van der Waals surface area contributed by atoms with Gasteiger partial charge in [-0.2, -0.15) is 0 Å². The molecule has 1 atom stereocenters. The van der Waals surface area contributed by atoms with Gasteiger partial charge in [-0.1, -0.05) is 25.4 Å². The molecule has 0 spiro atoms. The summed E-state index contributed by atoms with van der Waals surface area (Å²) in [5.74, 6) is -0.350. The molecule has 3 heteroatoms. The van der Waals surface area contributed by atoms with Crippen LogP contribution in [-0.2, 0) is 5.60 Å². The van der Waals surface area contributed by atoms with Gasteiger partial charge in [-0.15, -0.1) is 0 Å². The summed E-state index contributed by atoms with van der Waals surface area (Å²) in [5.41, 5.74) is -0.354. The van der Waals surface area contributed by atoms with Crippen molar-refractivity contribution in [2.75, 3.05) is 0 Å². The topological polar surface area (TPSA) is 20.2 Å². The highest BCUT2D eigenvalue weighted by Gasteiger charge is 2.43. The fourth-order valence-corrected chi connectivity index (χ4v) is 2.89. The standard InChI is InChI=1S/C13H16ClFO/c1-12(2)5-6-13(16,8-12)10-7-9(15)3-4-11(10)14/h3-4,7,16H,5-6,8H2,1-2H3. The van der Waals surface area contributed by atoms with Crippen molar-refractivity contribution >= 4 is 11.6 Å². The van der Waals surface area contributed by atoms with Crippen molar-refractivity contribution in [3.8, 4) is 0 Å². The number of hydrogen-bond donors (Lipinski definition) is 1. The zero-order valence-electron chi connectivity index (χ0n) is 9.56. The van der Waals surface area contributed by atoms with Crippen molar-refractivity contribution < 1.29 is 9.50 Å². The SMILES string of the molecule is CC1(C)CCC(O)(c2cc(F)ccc2Cl)C1. The van der Waals surface area contributed by atoms with Crippen LogP contribution in [0.1, 0.15) is 38.7 Å². The van der Waals surface area contributed by atoms with E-state index in [1.807, 2.05) is 0 Å². The molecular formula is C13H16ClFO. The zero-order valence-corrected chi connectivity index (χ0v) is 10.3. The molecule has 1 fully saturated rings. The largest absolute Gasteiger partial charge is 0.385 e. The molecule has 1 aromatic rings. The van der Waals surface area contributed by atoms with E-state index >= 15 is 0 Å². The fourth-order valence-electron chi connectivity index (χ4n) is 2.60. The van der Waals surface area contributed by atoms with Crippen LogP contribution < -0.4 is 0 Å². The van der Waals surface area contributed by atoms with Gasteiger partial charge < -0.3 is 5.11 Å². The first-order valence-corrected chi connectivity index (χ1v) is 5.88. The van der Waals surface area contributed by atoms with Crippen molar-refractivity contribution in [1.29, 1.82) is 0 Å². The minimum Gasteiger partial charge on any atom is -0.385 e. The molecule has 1 unspecified atom stereocenters. The lowest BCUT2D eigenvalue weighted by Gasteiger charge is -2.26. The van der Waals surface area contributed by atoms with E-state index in [-0.39, 0.29) is 11.2 Å². The second-order valence-electron chi connectivity index (χ2n) is 5.50. The number of halogens is 2. The molecule has 1 aliphatic carbocycles. The number of rotatable bonds is 1. The molecule has 0 heterocycles. The van der Waals surface area contributed by atoms with E-state index in [9.17, 15) is 9.50 Å². The van der Waals surface area contributed by atoms with E-state index < -0.39 is 5.60 Å². The van der Waals surface area contributed by atoms with Crippen LogP contribution in [0, 0.1) is 11.2 Å². The first kappa shape index (κ1) is 11.9. The Labute approximate surface area is 100 Å². The summed E-state index contributed by atoms with van der Waals surface area (Å²) >= 11 is 6.03. The van der Waals surface area contributed by atoms with Crippen molar-refractivity contribution in [2.45, 2.75) is 38.7 Å². The summed E-state index contributed by atoms with van der Waals surface area (Å²) in [6.45, 7) is 4.22. The van der Waals surface area contributed by atoms with Crippen LogP contribution in [0.3, 0.4) is 0 Å². The quantitative estimate of drug-likeness (QED) is 0.793. The maximum atomic E-state index is 13.2. The van der Waals surface area contributed by atoms with Gasteiger partial charge in [0.2, 0.25) is 0 Å². The molecule has 0 aromatic heterocycles. The molecule has 1 N–H and O–H groups in total. The summed E-state index contributed by atoms with van der Waals surface area (Å²) in [6.07, 6.45) is 2.20. The highest BCUT2D eigenvalue weighted by Crippen LogP contribution is 2.50. The molecule has 1 aromatic carbocycles. The summed E-state index contributed by atoms with van der Waals surface area (Å²) in [6, 6.07) is 4.18. The van der Waals surface area contributed by atoms with Gasteiger partial charge in [0.1, 0.15) is 5.82 Å². The van der Waals surface area contributed by atoms with Crippen LogP contribution in [0.5, 0.6) is 0 Å². The molecule has 0 aliphatic heterocycles. The Bertz CT molecular complexity index is 416. The molecule has 1 aliphatic rings. The van der Waals surface area contributed by atoms with Crippen molar-refractivity contribution in [3.63, 3.8) is 0 Å². The lowest BCUT2D eigenvalue weighted by molar-refractivity contribution is 0.0336. The van der Waals surface area contributed by atoms with Crippen LogP contribution in [0.15, 0.2) is 18.2 Å². The second kappa shape index (κ2) is 3.71. The predicted octanol–water partition coefficient (Wildman–Crippen LogP) is 3.88. The molecule has 0 saturated heterocycles. The smallest absolute Gasteiger partial charge is 0.123 e. The minimum absolute atomic E-state index is 0.0877. The van der Waals surface area contributed by atoms with Gasteiger partial charge in [-0.05, 0) is 42.9 Å². The molecule has 0 amide bonds. The van der Waals surface area contributed by atoms with Crippen LogP contribution in [-0.4, -0.2) is 5.11 Å². The van der Waals surface area contributed by atoms with E-state index in [0.29, 0.717) is 23.4 Å². The van der Waals surface area contributed by atoms with Crippen molar-refractivity contribution in [3.05, 3.63) is 34.6 Å². The minimum atomic E-state index is -0.970. The molecule has 88 valence electrons. The van der Waals surface area contributed by atoms with E-state index in [0.717, 1.165) is 6.42 Å². The normalized spacial score (nSPS) is 28.3.